The van der Waals surface area contributed by atoms with E-state index in [9.17, 15) is 4.79 Å². The first kappa shape index (κ1) is 12.7. The van der Waals surface area contributed by atoms with Crippen LogP contribution < -0.4 is 5.32 Å². The number of hydrogen-bond acceptors (Lipinski definition) is 3. The summed E-state index contributed by atoms with van der Waals surface area (Å²) in [6.45, 7) is 0. The molecule has 0 saturated carbocycles. The van der Waals surface area contributed by atoms with Gasteiger partial charge in [-0.1, -0.05) is 48.5 Å². The van der Waals surface area contributed by atoms with Crippen molar-refractivity contribution in [3.8, 4) is 0 Å². The van der Waals surface area contributed by atoms with Gasteiger partial charge in [-0.3, -0.25) is 4.79 Å². The number of carbonyl (C=O) groups is 1. The predicted octanol–water partition coefficient (Wildman–Crippen LogP) is 4.21. The Kier molecular flexibility index (Phi) is 3.65. The molecule has 2 aromatic carbocycles. The first-order valence-corrected chi connectivity index (χ1v) is 7.02. The fraction of sp³-hybridized carbons (Fsp3) is 0. The van der Waals surface area contributed by atoms with Gasteiger partial charge in [0.2, 0.25) is 0 Å². The van der Waals surface area contributed by atoms with Crippen LogP contribution >= 0.6 is 11.8 Å². The molecule has 1 fully saturated rings. The quantitative estimate of drug-likeness (QED) is 0.895. The summed E-state index contributed by atoms with van der Waals surface area (Å²) in [5.74, 6) is 0.607. The molecule has 98 valence electrons. The minimum atomic E-state index is -0.0955. The Hall–Kier alpha value is -2.33. The minimum absolute atomic E-state index is 0.0955. The number of hydrogen-bond donors (Lipinski definition) is 1. The largest absolute Gasteiger partial charge is 0.300 e. The second kappa shape index (κ2) is 5.75. The monoisotopic (exact) mass is 280 g/mol. The standard InChI is InChI=1S/C16H12N2OS/c19-16-18-15(17-13-9-5-2-6-10-13)14(20-16)11-12-7-3-1-4-8-12/h1-11H,(H,17,18,19)/b14-11-. The number of rotatable bonds is 2. The summed E-state index contributed by atoms with van der Waals surface area (Å²) in [5.41, 5.74) is 1.87. The van der Waals surface area contributed by atoms with Gasteiger partial charge in [0, 0.05) is 0 Å². The molecule has 0 radical (unpaired) electrons. The van der Waals surface area contributed by atoms with Crippen molar-refractivity contribution in [1.29, 1.82) is 0 Å². The maximum atomic E-state index is 11.6. The lowest BCUT2D eigenvalue weighted by Crippen LogP contribution is -2.18. The lowest BCUT2D eigenvalue weighted by atomic mass is 10.2. The molecular formula is C16H12N2OS. The van der Waals surface area contributed by atoms with Crippen LogP contribution in [-0.4, -0.2) is 11.1 Å². The van der Waals surface area contributed by atoms with E-state index in [0.29, 0.717) is 5.84 Å². The molecular weight excluding hydrogens is 268 g/mol. The molecule has 1 aliphatic rings. The third-order valence-corrected chi connectivity index (χ3v) is 3.57. The van der Waals surface area contributed by atoms with E-state index >= 15 is 0 Å². The minimum Gasteiger partial charge on any atom is -0.300 e. The van der Waals surface area contributed by atoms with Gasteiger partial charge in [-0.05, 0) is 35.5 Å². The van der Waals surface area contributed by atoms with Crippen molar-refractivity contribution in [2.24, 2.45) is 4.99 Å². The Labute approximate surface area is 121 Å². The number of carbonyl (C=O) groups excluding carboxylic acids is 1. The second-order valence-corrected chi connectivity index (χ2v) is 5.24. The van der Waals surface area contributed by atoms with Gasteiger partial charge in [0.25, 0.3) is 5.24 Å². The molecule has 1 aliphatic heterocycles. The fourth-order valence-electron chi connectivity index (χ4n) is 1.85. The molecule has 0 aromatic heterocycles. The summed E-state index contributed by atoms with van der Waals surface area (Å²) >= 11 is 1.17. The molecule has 1 amide bonds. The van der Waals surface area contributed by atoms with Crippen molar-refractivity contribution in [3.05, 3.63) is 71.1 Å². The van der Waals surface area contributed by atoms with E-state index in [0.717, 1.165) is 16.2 Å². The Bertz CT molecular complexity index is 619. The number of thioether (sulfide) groups is 1. The number of benzene rings is 2. The van der Waals surface area contributed by atoms with Crippen LogP contribution in [0.2, 0.25) is 0 Å². The van der Waals surface area contributed by atoms with Gasteiger partial charge >= 0.3 is 0 Å². The van der Waals surface area contributed by atoms with Crippen molar-refractivity contribution in [3.63, 3.8) is 0 Å². The number of amides is 1. The van der Waals surface area contributed by atoms with Gasteiger partial charge in [0.05, 0.1) is 10.6 Å². The van der Waals surface area contributed by atoms with Crippen molar-refractivity contribution in [2.45, 2.75) is 0 Å². The summed E-state index contributed by atoms with van der Waals surface area (Å²) in [6, 6.07) is 19.5. The van der Waals surface area contributed by atoms with Crippen LogP contribution in [0.3, 0.4) is 0 Å². The third-order valence-electron chi connectivity index (χ3n) is 2.75. The van der Waals surface area contributed by atoms with Crippen molar-refractivity contribution in [1.82, 2.24) is 5.32 Å². The maximum Gasteiger partial charge on any atom is 0.289 e. The summed E-state index contributed by atoms with van der Waals surface area (Å²) in [5, 5.41) is 2.68. The molecule has 1 heterocycles. The van der Waals surface area contributed by atoms with E-state index < -0.39 is 0 Å². The number of nitrogens with one attached hydrogen (secondary N) is 1. The molecule has 0 atom stereocenters. The normalized spacial score (nSPS) is 18.5. The Morgan fingerprint density at radius 3 is 2.30 bits per heavy atom. The second-order valence-electron chi connectivity index (χ2n) is 4.23. The van der Waals surface area contributed by atoms with Crippen LogP contribution in [0.5, 0.6) is 0 Å². The zero-order valence-electron chi connectivity index (χ0n) is 10.6. The first-order valence-electron chi connectivity index (χ1n) is 6.21. The van der Waals surface area contributed by atoms with Crippen LogP contribution in [0.25, 0.3) is 6.08 Å². The molecule has 0 aliphatic carbocycles. The van der Waals surface area contributed by atoms with Gasteiger partial charge in [-0.2, -0.15) is 0 Å². The van der Waals surface area contributed by atoms with E-state index in [1.807, 2.05) is 66.7 Å². The first-order chi connectivity index (χ1) is 9.81. The molecule has 3 rings (SSSR count). The SMILES string of the molecule is O=C1NC(=Nc2ccccc2)/C(=C/c2ccccc2)S1. The van der Waals surface area contributed by atoms with Crippen LogP contribution in [-0.2, 0) is 0 Å². The average molecular weight is 280 g/mol. The molecule has 0 spiro atoms. The summed E-state index contributed by atoms with van der Waals surface area (Å²) < 4.78 is 0. The Morgan fingerprint density at radius 1 is 0.950 bits per heavy atom. The highest BCUT2D eigenvalue weighted by Gasteiger charge is 2.23. The van der Waals surface area contributed by atoms with E-state index in [1.165, 1.54) is 11.8 Å². The van der Waals surface area contributed by atoms with Gasteiger partial charge in [0.15, 0.2) is 0 Å². The fourth-order valence-corrected chi connectivity index (χ4v) is 2.58. The van der Waals surface area contributed by atoms with Crippen molar-refractivity contribution in [2.75, 3.05) is 0 Å². The number of nitrogens with zero attached hydrogens (tertiary/aromatic N) is 1. The van der Waals surface area contributed by atoms with Crippen LogP contribution in [0, 0.1) is 0 Å². The van der Waals surface area contributed by atoms with E-state index in [-0.39, 0.29) is 5.24 Å². The highest BCUT2D eigenvalue weighted by molar-refractivity contribution is 8.18. The van der Waals surface area contributed by atoms with Gasteiger partial charge in [0.1, 0.15) is 5.84 Å². The summed E-state index contributed by atoms with van der Waals surface area (Å²) in [7, 11) is 0. The molecule has 4 heteroatoms. The van der Waals surface area contributed by atoms with Gasteiger partial charge in [-0.15, -0.1) is 0 Å². The van der Waals surface area contributed by atoms with Crippen molar-refractivity contribution < 1.29 is 4.79 Å². The van der Waals surface area contributed by atoms with E-state index in [2.05, 4.69) is 10.3 Å². The van der Waals surface area contributed by atoms with E-state index in [4.69, 9.17) is 0 Å². The smallest absolute Gasteiger partial charge is 0.289 e. The molecule has 3 nitrogen and oxygen atoms in total. The molecule has 0 bridgehead atoms. The molecule has 1 saturated heterocycles. The van der Waals surface area contributed by atoms with E-state index in [1.54, 1.807) is 0 Å². The lowest BCUT2D eigenvalue weighted by molar-refractivity contribution is 0.265. The molecule has 2 aromatic rings. The zero-order chi connectivity index (χ0) is 13.8. The highest BCUT2D eigenvalue weighted by atomic mass is 32.2. The number of aliphatic imine (C=N–C) groups is 1. The average Bonchev–Trinajstić information content (AvgIpc) is 2.81. The maximum absolute atomic E-state index is 11.6. The third kappa shape index (κ3) is 2.97. The summed E-state index contributed by atoms with van der Waals surface area (Å²) in [6.07, 6.45) is 1.96. The predicted molar refractivity (Wildman–Crippen MR) is 84.1 cm³/mol. The van der Waals surface area contributed by atoms with Crippen LogP contribution in [0.1, 0.15) is 5.56 Å². The molecule has 1 N–H and O–H groups in total. The molecule has 0 unspecified atom stereocenters. The van der Waals surface area contributed by atoms with Crippen LogP contribution in [0.4, 0.5) is 10.5 Å². The van der Waals surface area contributed by atoms with Gasteiger partial charge in [-0.25, -0.2) is 4.99 Å². The van der Waals surface area contributed by atoms with Crippen molar-refractivity contribution >= 4 is 34.6 Å². The Balaban J connectivity index is 1.95. The number of amidine groups is 1. The topological polar surface area (TPSA) is 41.5 Å². The Morgan fingerprint density at radius 2 is 1.60 bits per heavy atom. The lowest BCUT2D eigenvalue weighted by Gasteiger charge is -1.99. The van der Waals surface area contributed by atoms with Crippen LogP contribution in [0.15, 0.2) is 70.6 Å². The molecule has 20 heavy (non-hydrogen) atoms. The highest BCUT2D eigenvalue weighted by Crippen LogP contribution is 2.28. The zero-order valence-corrected chi connectivity index (χ0v) is 11.4. The summed E-state index contributed by atoms with van der Waals surface area (Å²) in [4.78, 5) is 16.9. The number of para-hydroxylation sites is 1. The van der Waals surface area contributed by atoms with Gasteiger partial charge < -0.3 is 5.32 Å².